The van der Waals surface area contributed by atoms with Crippen LogP contribution in [0.4, 0.5) is 0 Å². The van der Waals surface area contributed by atoms with Crippen LogP contribution >= 0.6 is 22.6 Å². The minimum Gasteiger partial charge on any atom is -0.325 e. The molecule has 0 atom stereocenters. The highest BCUT2D eigenvalue weighted by Gasteiger charge is 1.89. The Kier molecular flexibility index (Phi) is 2.35. The molecule has 0 fully saturated rings. The van der Waals surface area contributed by atoms with Crippen molar-refractivity contribution in [1.29, 1.82) is 0 Å². The van der Waals surface area contributed by atoms with Crippen LogP contribution in [0.3, 0.4) is 0 Å². The van der Waals surface area contributed by atoms with E-state index < -0.39 is 0 Å². The average Bonchev–Trinajstić information content (AvgIpc) is 1.90. The maximum atomic E-state index is 5.29. The van der Waals surface area contributed by atoms with Crippen LogP contribution in [0.15, 0.2) is 12.4 Å². The number of nitrogens with two attached hydrogens (primary N) is 1. The van der Waals surface area contributed by atoms with Crippen molar-refractivity contribution in [2.45, 2.75) is 6.54 Å². The summed E-state index contributed by atoms with van der Waals surface area (Å²) in [4.78, 5) is 8.00. The lowest BCUT2D eigenvalue weighted by Gasteiger charge is -1.91. The molecule has 0 saturated carbocycles. The molecular weight excluding hydrogens is 229 g/mol. The van der Waals surface area contributed by atoms with Crippen molar-refractivity contribution in [3.63, 3.8) is 0 Å². The van der Waals surface area contributed by atoms with Gasteiger partial charge in [-0.05, 0) is 22.6 Å². The predicted octanol–water partition coefficient (Wildman–Crippen LogP) is 0.540. The second-order valence-electron chi connectivity index (χ2n) is 1.53. The summed E-state index contributed by atoms with van der Waals surface area (Å²) in [7, 11) is 0. The lowest BCUT2D eigenvalue weighted by molar-refractivity contribution is 0.954. The van der Waals surface area contributed by atoms with Gasteiger partial charge in [-0.25, -0.2) is 4.98 Å². The summed E-state index contributed by atoms with van der Waals surface area (Å²) in [6, 6.07) is 0. The van der Waals surface area contributed by atoms with Gasteiger partial charge in [0.25, 0.3) is 0 Å². The van der Waals surface area contributed by atoms with E-state index >= 15 is 0 Å². The number of hydrogen-bond donors (Lipinski definition) is 1. The number of hydrogen-bond acceptors (Lipinski definition) is 3. The van der Waals surface area contributed by atoms with Crippen molar-refractivity contribution in [2.75, 3.05) is 0 Å². The Morgan fingerprint density at radius 3 is 2.67 bits per heavy atom. The van der Waals surface area contributed by atoms with Crippen molar-refractivity contribution in [2.24, 2.45) is 5.73 Å². The summed E-state index contributed by atoms with van der Waals surface area (Å²) in [5.74, 6) is 0. The van der Waals surface area contributed by atoms with E-state index in [9.17, 15) is 0 Å². The van der Waals surface area contributed by atoms with Gasteiger partial charge in [-0.2, -0.15) is 0 Å². The van der Waals surface area contributed by atoms with E-state index in [1.165, 1.54) is 0 Å². The third kappa shape index (κ3) is 1.87. The molecule has 1 aromatic rings. The molecule has 1 heterocycles. The lowest BCUT2D eigenvalue weighted by Crippen LogP contribution is -1.99. The largest absolute Gasteiger partial charge is 0.325 e. The zero-order valence-electron chi connectivity index (χ0n) is 4.71. The Morgan fingerprint density at radius 2 is 2.22 bits per heavy atom. The number of rotatable bonds is 1. The first-order valence-corrected chi connectivity index (χ1v) is 3.57. The molecule has 0 aliphatic carbocycles. The van der Waals surface area contributed by atoms with Gasteiger partial charge in [0, 0.05) is 6.54 Å². The van der Waals surface area contributed by atoms with Crippen molar-refractivity contribution in [1.82, 2.24) is 9.97 Å². The normalized spacial score (nSPS) is 9.56. The summed E-state index contributed by atoms with van der Waals surface area (Å²) in [5, 5.41) is 0. The van der Waals surface area contributed by atoms with Crippen molar-refractivity contribution in [3.05, 3.63) is 21.8 Å². The Labute approximate surface area is 66.8 Å². The summed E-state index contributed by atoms with van der Waals surface area (Å²) in [5.41, 5.74) is 6.12. The first kappa shape index (κ1) is 6.88. The third-order valence-electron chi connectivity index (χ3n) is 0.883. The van der Waals surface area contributed by atoms with Gasteiger partial charge in [0.1, 0.15) is 3.70 Å². The predicted molar refractivity (Wildman–Crippen MR) is 42.6 cm³/mol. The highest BCUT2D eigenvalue weighted by atomic mass is 127. The molecule has 9 heavy (non-hydrogen) atoms. The molecule has 1 aromatic heterocycles. The van der Waals surface area contributed by atoms with E-state index in [2.05, 4.69) is 32.6 Å². The summed E-state index contributed by atoms with van der Waals surface area (Å²) in [6.07, 6.45) is 3.38. The van der Waals surface area contributed by atoms with Gasteiger partial charge >= 0.3 is 0 Å². The number of aromatic nitrogens is 2. The Balaban J connectivity index is 2.88. The zero-order valence-corrected chi connectivity index (χ0v) is 6.87. The minimum atomic E-state index is 0.462. The van der Waals surface area contributed by atoms with Crippen LogP contribution < -0.4 is 5.73 Å². The van der Waals surface area contributed by atoms with Crippen molar-refractivity contribution in [3.8, 4) is 0 Å². The van der Waals surface area contributed by atoms with E-state index in [-0.39, 0.29) is 0 Å². The molecule has 0 aromatic carbocycles. The van der Waals surface area contributed by atoms with Crippen LogP contribution in [-0.4, -0.2) is 9.97 Å². The third-order valence-corrected chi connectivity index (χ3v) is 1.44. The standard InChI is InChI=1S/C5H6IN3/c6-5-3-8-4(1-7)2-9-5/h2-3H,1,7H2. The van der Waals surface area contributed by atoms with E-state index in [1.807, 2.05) is 0 Å². The van der Waals surface area contributed by atoms with Crippen molar-refractivity contribution >= 4 is 22.6 Å². The minimum absolute atomic E-state index is 0.462. The lowest BCUT2D eigenvalue weighted by atomic mass is 10.5. The number of nitrogens with zero attached hydrogens (tertiary/aromatic N) is 2. The van der Waals surface area contributed by atoms with Gasteiger partial charge in [0.2, 0.25) is 0 Å². The Bertz CT molecular complexity index is 184. The molecule has 0 unspecified atom stereocenters. The van der Waals surface area contributed by atoms with E-state index in [0.29, 0.717) is 6.54 Å². The summed E-state index contributed by atoms with van der Waals surface area (Å²) >= 11 is 2.10. The first-order valence-electron chi connectivity index (χ1n) is 2.49. The van der Waals surface area contributed by atoms with Crippen molar-refractivity contribution < 1.29 is 0 Å². The molecule has 0 radical (unpaired) electrons. The topological polar surface area (TPSA) is 51.8 Å². The second kappa shape index (κ2) is 3.07. The molecule has 0 saturated heterocycles. The fraction of sp³-hybridized carbons (Fsp3) is 0.200. The highest BCUT2D eigenvalue weighted by Crippen LogP contribution is 1.96. The fourth-order valence-corrected chi connectivity index (χ4v) is 0.723. The summed E-state index contributed by atoms with van der Waals surface area (Å²) < 4.78 is 0.893. The highest BCUT2D eigenvalue weighted by molar-refractivity contribution is 14.1. The monoisotopic (exact) mass is 235 g/mol. The van der Waals surface area contributed by atoms with Crippen LogP contribution in [0.2, 0.25) is 0 Å². The fourth-order valence-electron chi connectivity index (χ4n) is 0.444. The van der Waals surface area contributed by atoms with Crippen LogP contribution in [0.25, 0.3) is 0 Å². The number of halogens is 1. The van der Waals surface area contributed by atoms with Gasteiger partial charge < -0.3 is 5.73 Å². The molecule has 48 valence electrons. The van der Waals surface area contributed by atoms with Gasteiger partial charge in [-0.1, -0.05) is 0 Å². The Morgan fingerprint density at radius 1 is 1.44 bits per heavy atom. The second-order valence-corrected chi connectivity index (χ2v) is 2.64. The zero-order chi connectivity index (χ0) is 6.69. The molecule has 0 spiro atoms. The smallest absolute Gasteiger partial charge is 0.119 e. The Hall–Kier alpha value is -0.230. The van der Waals surface area contributed by atoms with Crippen LogP contribution in [0.5, 0.6) is 0 Å². The molecule has 0 aliphatic heterocycles. The van der Waals surface area contributed by atoms with Gasteiger partial charge in [0.05, 0.1) is 18.1 Å². The molecule has 1 rings (SSSR count). The van der Waals surface area contributed by atoms with Gasteiger partial charge in [-0.15, -0.1) is 0 Å². The molecule has 2 N–H and O–H groups in total. The van der Waals surface area contributed by atoms with Gasteiger partial charge in [0.15, 0.2) is 0 Å². The summed E-state index contributed by atoms with van der Waals surface area (Å²) in [6.45, 7) is 0.462. The SMILES string of the molecule is NCc1cnc(I)cn1. The first-order chi connectivity index (χ1) is 4.33. The van der Waals surface area contributed by atoms with Crippen LogP contribution in [0, 0.1) is 3.70 Å². The molecule has 0 amide bonds. The molecule has 3 nitrogen and oxygen atoms in total. The maximum Gasteiger partial charge on any atom is 0.119 e. The average molecular weight is 235 g/mol. The quantitative estimate of drug-likeness (QED) is 0.722. The van der Waals surface area contributed by atoms with E-state index in [1.54, 1.807) is 12.4 Å². The molecule has 0 bridgehead atoms. The maximum absolute atomic E-state index is 5.29. The molecule has 4 heteroatoms. The van der Waals surface area contributed by atoms with Crippen LogP contribution in [0.1, 0.15) is 5.69 Å². The molecule has 0 aliphatic rings. The van der Waals surface area contributed by atoms with E-state index in [0.717, 1.165) is 9.39 Å². The van der Waals surface area contributed by atoms with E-state index in [4.69, 9.17) is 5.73 Å². The van der Waals surface area contributed by atoms with Crippen LogP contribution in [-0.2, 0) is 6.54 Å². The molecular formula is C5H6IN3. The van der Waals surface area contributed by atoms with Gasteiger partial charge in [-0.3, -0.25) is 4.98 Å².